The van der Waals surface area contributed by atoms with E-state index in [4.69, 9.17) is 9.84 Å². The van der Waals surface area contributed by atoms with Crippen molar-refractivity contribution < 1.29 is 24.5 Å². The van der Waals surface area contributed by atoms with Crippen LogP contribution in [0.15, 0.2) is 30.5 Å². The minimum absolute atomic E-state index is 0.229. The number of nitrogens with one attached hydrogen (secondary N) is 1. The molecule has 1 amide bonds. The van der Waals surface area contributed by atoms with Gasteiger partial charge in [0.05, 0.1) is 6.26 Å². The van der Waals surface area contributed by atoms with Gasteiger partial charge in [0.1, 0.15) is 11.3 Å². The number of anilines is 1. The van der Waals surface area contributed by atoms with Crippen LogP contribution in [0.1, 0.15) is 36.5 Å². The third-order valence-electron chi connectivity index (χ3n) is 2.47. The molecule has 0 unspecified atom stereocenters. The Morgan fingerprint density at radius 2 is 2.15 bits per heavy atom. The Morgan fingerprint density at radius 1 is 1.40 bits per heavy atom. The minimum Gasteiger partial charge on any atom is -0.507 e. The molecular weight excluding hydrogens is 262 g/mol. The molecule has 1 aromatic rings. The van der Waals surface area contributed by atoms with Gasteiger partial charge in [0, 0.05) is 5.69 Å². The van der Waals surface area contributed by atoms with Crippen LogP contribution in [0.3, 0.4) is 0 Å². The van der Waals surface area contributed by atoms with E-state index in [0.29, 0.717) is 0 Å². The number of ether oxygens (including phenoxy) is 1. The maximum atomic E-state index is 11.4. The number of benzene rings is 1. The van der Waals surface area contributed by atoms with E-state index in [1.54, 1.807) is 6.08 Å². The topological polar surface area (TPSA) is 95.9 Å². The number of allylic oxidation sites excluding steroid dienone is 1. The van der Waals surface area contributed by atoms with Crippen LogP contribution in [0.2, 0.25) is 0 Å². The molecule has 0 saturated heterocycles. The van der Waals surface area contributed by atoms with E-state index in [9.17, 15) is 14.7 Å². The zero-order valence-corrected chi connectivity index (χ0v) is 11.1. The Balaban J connectivity index is 2.56. The first kappa shape index (κ1) is 15.6. The van der Waals surface area contributed by atoms with Gasteiger partial charge in [-0.1, -0.05) is 13.3 Å². The van der Waals surface area contributed by atoms with Gasteiger partial charge >= 0.3 is 12.1 Å². The number of aromatic hydroxyl groups is 1. The van der Waals surface area contributed by atoms with Crippen LogP contribution in [0.5, 0.6) is 5.75 Å². The Kier molecular flexibility index (Phi) is 6.09. The molecule has 0 radical (unpaired) electrons. The van der Waals surface area contributed by atoms with Gasteiger partial charge < -0.3 is 14.9 Å². The van der Waals surface area contributed by atoms with Crippen LogP contribution in [-0.2, 0) is 4.74 Å². The molecule has 0 atom stereocenters. The fraction of sp³-hybridized carbons (Fsp3) is 0.286. The van der Waals surface area contributed by atoms with Gasteiger partial charge in [-0.3, -0.25) is 5.32 Å². The second kappa shape index (κ2) is 7.83. The Bertz CT molecular complexity index is 510. The lowest BCUT2D eigenvalue weighted by Gasteiger charge is -2.06. The van der Waals surface area contributed by atoms with Crippen LogP contribution in [0.25, 0.3) is 0 Å². The molecule has 6 nitrogen and oxygen atoms in total. The molecule has 3 N–H and O–H groups in total. The molecule has 1 rings (SSSR count). The summed E-state index contributed by atoms with van der Waals surface area (Å²) in [7, 11) is 0. The fourth-order valence-electron chi connectivity index (χ4n) is 1.43. The normalized spacial score (nSPS) is 10.4. The highest BCUT2D eigenvalue weighted by Gasteiger charge is 2.11. The van der Waals surface area contributed by atoms with Crippen molar-refractivity contribution in [1.82, 2.24) is 0 Å². The highest BCUT2D eigenvalue weighted by molar-refractivity contribution is 5.94. The third kappa shape index (κ3) is 5.01. The molecule has 1 aromatic carbocycles. The van der Waals surface area contributed by atoms with Gasteiger partial charge in [-0.25, -0.2) is 9.59 Å². The lowest BCUT2D eigenvalue weighted by Crippen LogP contribution is -2.11. The first-order valence-electron chi connectivity index (χ1n) is 6.23. The summed E-state index contributed by atoms with van der Waals surface area (Å²) in [5.74, 6) is -1.64. The van der Waals surface area contributed by atoms with Crippen LogP contribution in [0, 0.1) is 0 Å². The predicted molar refractivity (Wildman–Crippen MR) is 73.8 cm³/mol. The maximum Gasteiger partial charge on any atom is 0.416 e. The SMILES string of the molecule is CCCC/C=C/OC(=O)Nc1ccc(O)c(C(=O)O)c1. The highest BCUT2D eigenvalue weighted by Crippen LogP contribution is 2.21. The van der Waals surface area contributed by atoms with Gasteiger partial charge in [0.2, 0.25) is 0 Å². The second-order valence-corrected chi connectivity index (χ2v) is 4.08. The number of hydrogen-bond donors (Lipinski definition) is 3. The van der Waals surface area contributed by atoms with Gasteiger partial charge in [0.15, 0.2) is 0 Å². The van der Waals surface area contributed by atoms with Crippen molar-refractivity contribution in [1.29, 1.82) is 0 Å². The largest absolute Gasteiger partial charge is 0.507 e. The molecule has 0 aliphatic heterocycles. The van der Waals surface area contributed by atoms with Crippen LogP contribution >= 0.6 is 0 Å². The Morgan fingerprint density at radius 3 is 2.80 bits per heavy atom. The summed E-state index contributed by atoms with van der Waals surface area (Å²) in [6.07, 6.45) is 5.21. The smallest absolute Gasteiger partial charge is 0.416 e. The number of carboxylic acid groups (broad SMARTS) is 1. The number of unbranched alkanes of at least 4 members (excludes halogenated alkanes) is 2. The molecule has 20 heavy (non-hydrogen) atoms. The third-order valence-corrected chi connectivity index (χ3v) is 2.47. The summed E-state index contributed by atoms with van der Waals surface area (Å²) in [6, 6.07) is 3.72. The van der Waals surface area contributed by atoms with Crippen molar-refractivity contribution in [3.8, 4) is 5.75 Å². The van der Waals surface area contributed by atoms with Crippen molar-refractivity contribution >= 4 is 17.7 Å². The average molecular weight is 279 g/mol. The number of carbonyl (C=O) groups is 2. The summed E-state index contributed by atoms with van der Waals surface area (Å²) in [4.78, 5) is 22.2. The Labute approximate surface area is 116 Å². The molecule has 0 fully saturated rings. The van der Waals surface area contributed by atoms with E-state index in [1.165, 1.54) is 18.4 Å². The van der Waals surface area contributed by atoms with E-state index in [0.717, 1.165) is 25.3 Å². The number of carboxylic acids is 1. The molecule has 0 heterocycles. The molecule has 0 bridgehead atoms. The second-order valence-electron chi connectivity index (χ2n) is 4.08. The van der Waals surface area contributed by atoms with Crippen LogP contribution < -0.4 is 5.32 Å². The zero-order valence-electron chi connectivity index (χ0n) is 11.1. The van der Waals surface area contributed by atoms with Gasteiger partial charge in [-0.2, -0.15) is 0 Å². The van der Waals surface area contributed by atoms with Crippen LogP contribution in [-0.4, -0.2) is 22.3 Å². The van der Waals surface area contributed by atoms with Crippen molar-refractivity contribution in [2.24, 2.45) is 0 Å². The monoisotopic (exact) mass is 279 g/mol. The molecule has 6 heteroatoms. The predicted octanol–water partition coefficient (Wildman–Crippen LogP) is 3.34. The van der Waals surface area contributed by atoms with Crippen LogP contribution in [0.4, 0.5) is 10.5 Å². The summed E-state index contributed by atoms with van der Waals surface area (Å²) in [5, 5.41) is 20.5. The van der Waals surface area contributed by atoms with Crippen molar-refractivity contribution in [2.75, 3.05) is 5.32 Å². The minimum atomic E-state index is -1.28. The van der Waals surface area contributed by atoms with Gasteiger partial charge in [-0.05, 0) is 37.1 Å². The van der Waals surface area contributed by atoms with E-state index < -0.39 is 12.1 Å². The standard InChI is InChI=1S/C14H17NO5/c1-2-3-4-5-8-20-14(19)15-10-6-7-12(16)11(9-10)13(17)18/h5-9,16H,2-4H2,1H3,(H,15,19)(H,17,18)/b8-5+. The maximum absolute atomic E-state index is 11.4. The first-order chi connectivity index (χ1) is 9.54. The molecule has 0 aromatic heterocycles. The van der Waals surface area contributed by atoms with Crippen molar-refractivity contribution in [3.05, 3.63) is 36.1 Å². The summed E-state index contributed by atoms with van der Waals surface area (Å²) in [6.45, 7) is 2.06. The number of aromatic carboxylic acids is 1. The summed E-state index contributed by atoms with van der Waals surface area (Å²) in [5.41, 5.74) is -0.0616. The molecular formula is C14H17NO5. The molecule has 108 valence electrons. The molecule has 0 aliphatic carbocycles. The zero-order chi connectivity index (χ0) is 15.0. The highest BCUT2D eigenvalue weighted by atomic mass is 16.5. The number of carbonyl (C=O) groups excluding carboxylic acids is 1. The lowest BCUT2D eigenvalue weighted by atomic mass is 10.2. The summed E-state index contributed by atoms with van der Waals surface area (Å²) >= 11 is 0. The molecule has 0 spiro atoms. The quantitative estimate of drug-likeness (QED) is 0.421. The van der Waals surface area contributed by atoms with Gasteiger partial charge in [0.25, 0.3) is 0 Å². The number of rotatable bonds is 6. The lowest BCUT2D eigenvalue weighted by molar-refractivity contribution is 0.0693. The van der Waals surface area contributed by atoms with E-state index >= 15 is 0 Å². The Hall–Kier alpha value is -2.50. The number of hydrogen-bond acceptors (Lipinski definition) is 4. The van der Waals surface area contributed by atoms with Crippen molar-refractivity contribution in [3.63, 3.8) is 0 Å². The van der Waals surface area contributed by atoms with Gasteiger partial charge in [-0.15, -0.1) is 0 Å². The molecule has 0 saturated carbocycles. The average Bonchev–Trinajstić information content (AvgIpc) is 2.40. The van der Waals surface area contributed by atoms with Crippen molar-refractivity contribution in [2.45, 2.75) is 26.2 Å². The van der Waals surface area contributed by atoms with E-state index in [1.807, 2.05) is 0 Å². The van der Waals surface area contributed by atoms with E-state index in [2.05, 4.69) is 12.2 Å². The fourth-order valence-corrected chi connectivity index (χ4v) is 1.43. The summed E-state index contributed by atoms with van der Waals surface area (Å²) < 4.78 is 4.78. The molecule has 0 aliphatic rings. The number of amides is 1. The van der Waals surface area contributed by atoms with E-state index in [-0.39, 0.29) is 17.0 Å². The number of phenols is 1. The first-order valence-corrected chi connectivity index (χ1v) is 6.23.